The van der Waals surface area contributed by atoms with Crippen LogP contribution in [0.3, 0.4) is 0 Å². The van der Waals surface area contributed by atoms with Crippen LogP contribution in [0.5, 0.6) is 0 Å². The Morgan fingerprint density at radius 1 is 0.320 bits per heavy atom. The minimum absolute atomic E-state index is 0.983. The summed E-state index contributed by atoms with van der Waals surface area (Å²) in [4.78, 5) is 5.05. The molecule has 1 nitrogen and oxygen atoms in total. The maximum Gasteiger partial charge on any atom is 0.150 e. The van der Waals surface area contributed by atoms with Crippen molar-refractivity contribution in [3.63, 3.8) is 0 Å². The van der Waals surface area contributed by atoms with E-state index < -0.39 is 47.8 Å². The number of hydrogen-bond donors (Lipinski definition) is 1. The Bertz CT molecular complexity index is 2140. The van der Waals surface area contributed by atoms with E-state index in [0.29, 0.717) is 0 Å². The molecule has 5 rings (SSSR count). The van der Waals surface area contributed by atoms with E-state index in [1.165, 1.54) is 155 Å². The predicted molar refractivity (Wildman–Crippen MR) is 359 cm³/mol. The van der Waals surface area contributed by atoms with Crippen LogP contribution in [0, 0.1) is 0 Å². The first-order valence-electron chi connectivity index (χ1n) is 31.4. The summed E-state index contributed by atoms with van der Waals surface area (Å²) in [6.07, 6.45) is 17.5. The lowest BCUT2D eigenvalue weighted by molar-refractivity contribution is 0.937. The second kappa shape index (κ2) is 32.1. The molecule has 0 aliphatic rings. The van der Waals surface area contributed by atoms with E-state index in [9.17, 15) is 0 Å². The van der Waals surface area contributed by atoms with Crippen LogP contribution in [0.25, 0.3) is 0 Å². The molecular formula is C68H110NP2Si4+. The molecule has 0 atom stereocenters. The van der Waals surface area contributed by atoms with Crippen molar-refractivity contribution in [3.05, 3.63) is 133 Å². The van der Waals surface area contributed by atoms with Gasteiger partial charge in [-0.1, -0.05) is 357 Å². The third-order valence-corrected chi connectivity index (χ3v) is 48.5. The highest BCUT2D eigenvalue weighted by Gasteiger charge is 2.47. The minimum atomic E-state index is -2.35. The van der Waals surface area contributed by atoms with Gasteiger partial charge in [-0.3, -0.25) is 0 Å². The molecule has 0 bridgehead atoms. The lowest BCUT2D eigenvalue weighted by atomic mass is 10.2. The predicted octanol–water partition coefficient (Wildman–Crippen LogP) is 18.0. The zero-order valence-electron chi connectivity index (χ0n) is 50.4. The monoisotopic (exact) mass is 1110 g/mol. The molecule has 0 saturated heterocycles. The van der Waals surface area contributed by atoms with Crippen LogP contribution in [0.4, 0.5) is 0 Å². The molecule has 0 amide bonds. The fourth-order valence-electron chi connectivity index (χ4n) is 15.0. The smallest absolute Gasteiger partial charge is 0.150 e. The minimum Gasteiger partial charge on any atom is -0.154 e. The van der Waals surface area contributed by atoms with Crippen molar-refractivity contribution in [1.82, 2.24) is 4.86 Å². The number of hydrogen-bond acceptors (Lipinski definition) is 1. The van der Waals surface area contributed by atoms with Crippen LogP contribution in [-0.2, 0) is 6.42 Å². The fourth-order valence-corrected chi connectivity index (χ4v) is 44.4. The largest absolute Gasteiger partial charge is 0.154 e. The van der Waals surface area contributed by atoms with Gasteiger partial charge < -0.3 is 0 Å². The Hall–Kier alpha value is -2.21. The van der Waals surface area contributed by atoms with Crippen molar-refractivity contribution >= 4 is 89.7 Å². The Kier molecular flexibility index (Phi) is 27.3. The average molecular weight is 1120 g/mol. The first kappa shape index (κ1) is 63.6. The van der Waals surface area contributed by atoms with Crippen molar-refractivity contribution < 1.29 is 0 Å². The van der Waals surface area contributed by atoms with E-state index in [0.717, 1.165) is 12.6 Å². The van der Waals surface area contributed by atoms with Gasteiger partial charge in [0.2, 0.25) is 0 Å². The summed E-state index contributed by atoms with van der Waals surface area (Å²) in [5.74, 6) is 0. The zero-order valence-corrected chi connectivity index (χ0v) is 56.2. The van der Waals surface area contributed by atoms with Crippen LogP contribution >= 0.6 is 15.5 Å². The molecule has 0 heterocycles. The average Bonchev–Trinajstić information content (AvgIpc) is 3.43. The third kappa shape index (κ3) is 15.8. The molecule has 7 heteroatoms. The lowest BCUT2D eigenvalue weighted by Gasteiger charge is -2.36. The third-order valence-electron chi connectivity index (χ3n) is 17.9. The fraction of sp³-hybridized carbons (Fsp3) is 0.559. The number of benzene rings is 5. The van der Waals surface area contributed by atoms with Gasteiger partial charge in [-0.2, -0.15) is 4.86 Å². The first-order valence-corrected chi connectivity index (χ1v) is 45.2. The van der Waals surface area contributed by atoms with E-state index in [-0.39, 0.29) is 0 Å². The zero-order chi connectivity index (χ0) is 54.2. The summed E-state index contributed by atoms with van der Waals surface area (Å²) in [5.41, 5.74) is 1.45. The molecule has 0 aliphatic carbocycles. The maximum atomic E-state index is 5.05. The Balaban J connectivity index is 1.94. The van der Waals surface area contributed by atoms with Gasteiger partial charge in [-0.05, 0) is 40.4 Å². The molecule has 0 aliphatic heterocycles. The molecular weight excluding hydrogens is 1010 g/mol. The standard InChI is InChI=1S/C68H110NP2Si4/c1-13-46-72(47-14-2,48-15-3)65-40-36-63(37-41-65)71(45-44-60-30-26-25-27-31-60,64-38-42-66(43-39-64)73(49-16-4,50-17-5)51-18-6)69-70(61-32-28-34-67(58-61)74(52-19-7,53-20-8)54-21-9)62-33-29-35-68(59-62)75(55-22-10,56-23-11)57-24-12/h25-43,58-59,69H,13-24,44-57H2,1-12H3/q+1. The summed E-state index contributed by atoms with van der Waals surface area (Å²) < 4.78 is 0. The summed E-state index contributed by atoms with van der Waals surface area (Å²) in [5, 5.41) is 13.1. The molecule has 5 aromatic carbocycles. The molecule has 0 aromatic heterocycles. The topological polar surface area (TPSA) is 12.0 Å². The van der Waals surface area contributed by atoms with Gasteiger partial charge >= 0.3 is 0 Å². The van der Waals surface area contributed by atoms with E-state index in [2.05, 4.69) is 210 Å². The van der Waals surface area contributed by atoms with Crippen LogP contribution in [0.1, 0.15) is 166 Å². The van der Waals surface area contributed by atoms with Gasteiger partial charge in [0, 0.05) is 6.42 Å². The van der Waals surface area contributed by atoms with Crippen molar-refractivity contribution in [2.45, 2.75) is 239 Å². The SMILES string of the molecule is CCC[Si](CCC)(CCC)c1ccc([P+](CCc2ccccc2)(NP(c2cccc([Si](CCC)(CCC)CCC)c2)c2cccc([Si](CCC)(CCC)CCC)c2)c2ccc([Si](CCC)(CCC)CCC)cc2)cc1. The number of nitrogens with one attached hydrogen (secondary N) is 1. The first-order chi connectivity index (χ1) is 36.5. The summed E-state index contributed by atoms with van der Waals surface area (Å²) >= 11 is 0. The van der Waals surface area contributed by atoms with Gasteiger partial charge in [0.05, 0.1) is 46.5 Å². The maximum absolute atomic E-state index is 5.05. The number of rotatable bonds is 37. The molecule has 0 fully saturated rings. The Morgan fingerprint density at radius 3 is 0.907 bits per heavy atom. The number of aryl methyl sites for hydroxylation is 1. The van der Waals surface area contributed by atoms with Gasteiger partial charge in [0.25, 0.3) is 0 Å². The molecule has 0 saturated carbocycles. The van der Waals surface area contributed by atoms with Crippen molar-refractivity contribution in [1.29, 1.82) is 0 Å². The normalized spacial score (nSPS) is 12.8. The van der Waals surface area contributed by atoms with Crippen LogP contribution < -0.4 is 46.8 Å². The summed E-state index contributed by atoms with van der Waals surface area (Å²) in [6.45, 7) is 29.4. The van der Waals surface area contributed by atoms with E-state index in [1.54, 1.807) is 42.0 Å². The van der Waals surface area contributed by atoms with Crippen LogP contribution in [0.15, 0.2) is 127 Å². The summed E-state index contributed by atoms with van der Waals surface area (Å²) in [7, 11) is -10.2. The Labute approximate surface area is 469 Å². The Morgan fingerprint density at radius 2 is 0.613 bits per heavy atom. The quantitative estimate of drug-likeness (QED) is 0.0309. The van der Waals surface area contributed by atoms with Crippen molar-refractivity contribution in [2.75, 3.05) is 6.16 Å². The van der Waals surface area contributed by atoms with Gasteiger partial charge in [-0.15, -0.1) is 0 Å². The van der Waals surface area contributed by atoms with Gasteiger partial charge in [-0.25, -0.2) is 0 Å². The molecule has 5 aromatic rings. The van der Waals surface area contributed by atoms with Gasteiger partial charge in [0.1, 0.15) is 18.0 Å². The molecule has 0 radical (unpaired) electrons. The molecule has 1 N–H and O–H groups in total. The van der Waals surface area contributed by atoms with E-state index in [1.807, 2.05) is 0 Å². The van der Waals surface area contributed by atoms with Crippen molar-refractivity contribution in [2.24, 2.45) is 0 Å². The second-order valence-corrected chi connectivity index (χ2v) is 47.7. The summed E-state index contributed by atoms with van der Waals surface area (Å²) in [6, 6.07) is 70.8. The molecule has 0 spiro atoms. The highest BCUT2D eigenvalue weighted by Crippen LogP contribution is 2.59. The van der Waals surface area contributed by atoms with Crippen LogP contribution in [-0.4, -0.2) is 38.5 Å². The van der Waals surface area contributed by atoms with Crippen LogP contribution in [0.2, 0.25) is 72.5 Å². The highest BCUT2D eigenvalue weighted by atomic mass is 31.2. The lowest BCUT2D eigenvalue weighted by Crippen LogP contribution is -2.49. The van der Waals surface area contributed by atoms with E-state index >= 15 is 0 Å². The molecule has 75 heavy (non-hydrogen) atoms. The molecule has 0 unspecified atom stereocenters. The second-order valence-electron chi connectivity index (χ2n) is 23.5. The van der Waals surface area contributed by atoms with Crippen molar-refractivity contribution in [3.8, 4) is 0 Å². The van der Waals surface area contributed by atoms with E-state index in [4.69, 9.17) is 4.86 Å². The molecule has 412 valence electrons. The van der Waals surface area contributed by atoms with Gasteiger partial charge in [0.15, 0.2) is 0 Å². The highest BCUT2D eigenvalue weighted by molar-refractivity contribution is 7.95.